The number of hydrogen-bond donors (Lipinski definition) is 2. The normalized spacial score (nSPS) is 22.0. The van der Waals surface area contributed by atoms with Crippen molar-refractivity contribution in [3.8, 4) is 0 Å². The maximum Gasteiger partial charge on any atom is 0.410 e. The van der Waals surface area contributed by atoms with Crippen molar-refractivity contribution in [1.82, 2.24) is 15.1 Å². The molecule has 0 unspecified atom stereocenters. The summed E-state index contributed by atoms with van der Waals surface area (Å²) in [4.78, 5) is 13.8. The number of aromatic amines is 1. The number of hydrogen-bond acceptors (Lipinski definition) is 4. The first-order chi connectivity index (χ1) is 11.2. The number of nitrogens with one attached hydrogen (secondary N) is 1. The van der Waals surface area contributed by atoms with Gasteiger partial charge in [0.1, 0.15) is 5.60 Å². The van der Waals surface area contributed by atoms with Crippen molar-refractivity contribution in [2.45, 2.75) is 51.7 Å². The molecule has 6 nitrogen and oxygen atoms in total. The molecule has 2 atom stereocenters. The Bertz CT molecular complexity index is 748. The van der Waals surface area contributed by atoms with Gasteiger partial charge in [0.05, 0.1) is 24.4 Å². The van der Waals surface area contributed by atoms with Crippen molar-refractivity contribution in [2.75, 3.05) is 13.1 Å². The number of amides is 1. The molecule has 130 valence electrons. The van der Waals surface area contributed by atoms with Crippen LogP contribution in [0.3, 0.4) is 0 Å². The minimum atomic E-state index is -0.606. The fraction of sp³-hybridized carbons (Fsp3) is 0.556. The molecule has 1 aromatic carbocycles. The molecule has 1 fully saturated rings. The molecular weight excluding hydrogens is 306 g/mol. The van der Waals surface area contributed by atoms with E-state index >= 15 is 0 Å². The molecule has 0 radical (unpaired) electrons. The van der Waals surface area contributed by atoms with Crippen LogP contribution in [-0.4, -0.2) is 51.1 Å². The van der Waals surface area contributed by atoms with E-state index in [1.165, 1.54) is 0 Å². The Balaban J connectivity index is 1.75. The van der Waals surface area contributed by atoms with Gasteiger partial charge in [-0.15, -0.1) is 0 Å². The summed E-state index contributed by atoms with van der Waals surface area (Å²) in [5.41, 5.74) is 2.69. The number of carbonyl (C=O) groups excluding carboxylic acids is 1. The highest BCUT2D eigenvalue weighted by Gasteiger charge is 2.34. The van der Waals surface area contributed by atoms with Crippen molar-refractivity contribution >= 4 is 17.0 Å². The van der Waals surface area contributed by atoms with Crippen molar-refractivity contribution in [1.29, 1.82) is 0 Å². The van der Waals surface area contributed by atoms with Crippen LogP contribution in [0.25, 0.3) is 10.9 Å². The molecule has 1 amide bonds. The molecule has 1 saturated heterocycles. The zero-order valence-electron chi connectivity index (χ0n) is 14.7. The molecule has 0 saturated carbocycles. The van der Waals surface area contributed by atoms with Gasteiger partial charge in [-0.05, 0) is 57.4 Å². The Morgan fingerprint density at radius 2 is 2.17 bits per heavy atom. The van der Waals surface area contributed by atoms with Crippen LogP contribution in [0.2, 0.25) is 0 Å². The van der Waals surface area contributed by atoms with Crippen molar-refractivity contribution in [3.63, 3.8) is 0 Å². The van der Waals surface area contributed by atoms with Crippen LogP contribution in [0.15, 0.2) is 18.3 Å². The van der Waals surface area contributed by atoms with Gasteiger partial charge in [-0.2, -0.15) is 5.10 Å². The lowest BCUT2D eigenvalue weighted by Crippen LogP contribution is -2.47. The number of benzene rings is 1. The fourth-order valence-electron chi connectivity index (χ4n) is 3.31. The summed E-state index contributed by atoms with van der Waals surface area (Å²) in [5.74, 6) is 0.0105. The number of fused-ring (bicyclic) bond motifs is 1. The van der Waals surface area contributed by atoms with Crippen LogP contribution >= 0.6 is 0 Å². The van der Waals surface area contributed by atoms with Gasteiger partial charge in [0, 0.05) is 17.8 Å². The second-order valence-electron chi connectivity index (χ2n) is 7.55. The van der Waals surface area contributed by atoms with Gasteiger partial charge in [0.15, 0.2) is 0 Å². The molecule has 2 N–H and O–H groups in total. The molecule has 0 bridgehead atoms. The lowest BCUT2D eigenvalue weighted by Gasteiger charge is -2.37. The number of aliphatic hydroxyl groups is 1. The van der Waals surface area contributed by atoms with Crippen LogP contribution < -0.4 is 0 Å². The molecule has 0 aliphatic carbocycles. The van der Waals surface area contributed by atoms with Crippen LogP contribution in [0.5, 0.6) is 0 Å². The average molecular weight is 331 g/mol. The van der Waals surface area contributed by atoms with Crippen molar-refractivity contribution in [2.24, 2.45) is 0 Å². The Kier molecular flexibility index (Phi) is 4.25. The second kappa shape index (κ2) is 6.09. The quantitative estimate of drug-likeness (QED) is 0.842. The van der Waals surface area contributed by atoms with E-state index in [4.69, 9.17) is 4.74 Å². The number of rotatable bonds is 1. The lowest BCUT2D eigenvalue weighted by atomic mass is 9.84. The summed E-state index contributed by atoms with van der Waals surface area (Å²) in [7, 11) is 0. The standard InChI is InChI=1S/C18H25N3O3/c1-11-7-12-9-19-20-15(12)8-14(11)13-5-6-21(10-16(13)22)17(23)24-18(2,3)4/h7-9,13,16,22H,5-6,10H2,1-4H3,(H,19,20)/t13-,16+/m1/s1. The van der Waals surface area contributed by atoms with E-state index in [9.17, 15) is 9.90 Å². The Hall–Kier alpha value is -2.08. The van der Waals surface area contributed by atoms with Gasteiger partial charge in [-0.3, -0.25) is 5.10 Å². The van der Waals surface area contributed by atoms with Gasteiger partial charge in [0.25, 0.3) is 0 Å². The minimum Gasteiger partial charge on any atom is -0.444 e. The number of aryl methyl sites for hydroxylation is 1. The highest BCUT2D eigenvalue weighted by Crippen LogP contribution is 2.33. The van der Waals surface area contributed by atoms with Crippen LogP contribution in [0.4, 0.5) is 4.79 Å². The van der Waals surface area contributed by atoms with E-state index < -0.39 is 11.7 Å². The predicted molar refractivity (Wildman–Crippen MR) is 92.0 cm³/mol. The molecule has 1 aliphatic heterocycles. The van der Waals surface area contributed by atoms with Gasteiger partial charge < -0.3 is 14.7 Å². The summed E-state index contributed by atoms with van der Waals surface area (Å²) in [5, 5.41) is 18.7. The molecule has 1 aromatic heterocycles. The van der Waals surface area contributed by atoms with Crippen LogP contribution in [-0.2, 0) is 4.74 Å². The number of carbonyl (C=O) groups is 1. The number of aliphatic hydroxyl groups excluding tert-OH is 1. The summed E-state index contributed by atoms with van der Waals surface area (Å²) in [6, 6.07) is 4.15. The third kappa shape index (κ3) is 3.38. The van der Waals surface area contributed by atoms with Gasteiger partial charge in [-0.25, -0.2) is 4.79 Å². The molecule has 2 aromatic rings. The smallest absolute Gasteiger partial charge is 0.410 e. The number of piperidine rings is 1. The zero-order valence-corrected chi connectivity index (χ0v) is 14.7. The molecular formula is C18H25N3O3. The summed E-state index contributed by atoms with van der Waals surface area (Å²) >= 11 is 0. The Labute approximate surface area is 141 Å². The number of nitrogens with zero attached hydrogens (tertiary/aromatic N) is 2. The van der Waals surface area contributed by atoms with E-state index in [0.29, 0.717) is 19.5 Å². The first kappa shape index (κ1) is 16.8. The topological polar surface area (TPSA) is 78.5 Å². The monoisotopic (exact) mass is 331 g/mol. The second-order valence-corrected chi connectivity index (χ2v) is 7.55. The average Bonchev–Trinajstić information content (AvgIpc) is 2.91. The van der Waals surface area contributed by atoms with Crippen molar-refractivity contribution in [3.05, 3.63) is 29.5 Å². The predicted octanol–water partition coefficient (Wildman–Crippen LogP) is 2.96. The molecule has 6 heteroatoms. The number of aromatic nitrogens is 2. The van der Waals surface area contributed by atoms with E-state index in [2.05, 4.69) is 29.3 Å². The van der Waals surface area contributed by atoms with Gasteiger partial charge >= 0.3 is 6.09 Å². The highest BCUT2D eigenvalue weighted by molar-refractivity contribution is 5.80. The summed E-state index contributed by atoms with van der Waals surface area (Å²) < 4.78 is 5.40. The number of ether oxygens (including phenoxy) is 1. The maximum absolute atomic E-state index is 12.2. The zero-order chi connectivity index (χ0) is 17.5. The molecule has 3 rings (SSSR count). The number of H-pyrrole nitrogens is 1. The first-order valence-electron chi connectivity index (χ1n) is 8.34. The lowest BCUT2D eigenvalue weighted by molar-refractivity contribution is -0.00155. The van der Waals surface area contributed by atoms with Gasteiger partial charge in [0.2, 0.25) is 0 Å². The van der Waals surface area contributed by atoms with E-state index in [1.807, 2.05) is 20.8 Å². The fourth-order valence-corrected chi connectivity index (χ4v) is 3.31. The Morgan fingerprint density at radius 1 is 1.42 bits per heavy atom. The number of β-amino-alcohol motifs (C(OH)–C–C–N with tert-alkyl or cyclic N) is 1. The maximum atomic E-state index is 12.2. The Morgan fingerprint density at radius 3 is 2.83 bits per heavy atom. The largest absolute Gasteiger partial charge is 0.444 e. The number of likely N-dealkylation sites (tertiary alicyclic amines) is 1. The SMILES string of the molecule is Cc1cc2cn[nH]c2cc1[C@H]1CCN(C(=O)OC(C)(C)C)C[C@@H]1O. The highest BCUT2D eigenvalue weighted by atomic mass is 16.6. The van der Waals surface area contributed by atoms with Crippen LogP contribution in [0.1, 0.15) is 44.2 Å². The third-order valence-electron chi connectivity index (χ3n) is 4.46. The van der Waals surface area contributed by atoms with Crippen molar-refractivity contribution < 1.29 is 14.6 Å². The summed E-state index contributed by atoms with van der Waals surface area (Å²) in [6.07, 6.45) is 1.54. The first-order valence-corrected chi connectivity index (χ1v) is 8.34. The summed E-state index contributed by atoms with van der Waals surface area (Å²) in [6.45, 7) is 8.46. The van der Waals surface area contributed by atoms with E-state index in [0.717, 1.165) is 22.0 Å². The minimum absolute atomic E-state index is 0.0105. The van der Waals surface area contributed by atoms with Gasteiger partial charge in [-0.1, -0.05) is 0 Å². The molecule has 2 heterocycles. The molecule has 1 aliphatic rings. The molecule has 24 heavy (non-hydrogen) atoms. The molecule has 0 spiro atoms. The van der Waals surface area contributed by atoms with E-state index in [1.54, 1.807) is 11.1 Å². The third-order valence-corrected chi connectivity index (χ3v) is 4.46. The van der Waals surface area contributed by atoms with Crippen LogP contribution in [0, 0.1) is 6.92 Å². The van der Waals surface area contributed by atoms with E-state index in [-0.39, 0.29) is 12.0 Å².